The Labute approximate surface area is 102 Å². The number of nitrogens with one attached hydrogen (secondary N) is 1. The minimum atomic E-state index is -0.446. The first kappa shape index (κ1) is 12.5. The third-order valence-corrected chi connectivity index (χ3v) is 3.47. The van der Waals surface area contributed by atoms with Crippen molar-refractivity contribution < 1.29 is 9.26 Å². The van der Waals surface area contributed by atoms with Crippen LogP contribution in [0.15, 0.2) is 4.52 Å². The van der Waals surface area contributed by atoms with Crippen LogP contribution < -0.4 is 5.32 Å². The monoisotopic (exact) mass is 239 g/mol. The van der Waals surface area contributed by atoms with Crippen molar-refractivity contribution >= 4 is 0 Å². The second-order valence-electron chi connectivity index (χ2n) is 4.87. The van der Waals surface area contributed by atoms with Gasteiger partial charge < -0.3 is 14.6 Å². The SMILES string of the molecule is CCC(C)(OC)c1noc(CNCC2CC2)n1. The van der Waals surface area contributed by atoms with Gasteiger partial charge in [-0.25, -0.2) is 0 Å². The average Bonchev–Trinajstić information content (AvgIpc) is 3.05. The summed E-state index contributed by atoms with van der Waals surface area (Å²) >= 11 is 0. The van der Waals surface area contributed by atoms with Crippen molar-refractivity contribution in [2.45, 2.75) is 45.3 Å². The van der Waals surface area contributed by atoms with Crippen LogP contribution in [0.25, 0.3) is 0 Å². The van der Waals surface area contributed by atoms with Gasteiger partial charge in [-0.05, 0) is 38.6 Å². The van der Waals surface area contributed by atoms with Crippen LogP contribution in [0.4, 0.5) is 0 Å². The minimum Gasteiger partial charge on any atom is -0.370 e. The van der Waals surface area contributed by atoms with E-state index in [9.17, 15) is 0 Å². The smallest absolute Gasteiger partial charge is 0.240 e. The number of methoxy groups -OCH3 is 1. The summed E-state index contributed by atoms with van der Waals surface area (Å²) in [6.07, 6.45) is 3.51. The molecule has 2 rings (SSSR count). The van der Waals surface area contributed by atoms with Crippen molar-refractivity contribution in [2.75, 3.05) is 13.7 Å². The Balaban J connectivity index is 1.89. The topological polar surface area (TPSA) is 60.2 Å². The predicted molar refractivity (Wildman–Crippen MR) is 63.4 cm³/mol. The Morgan fingerprint density at radius 3 is 2.88 bits per heavy atom. The first-order valence-electron chi connectivity index (χ1n) is 6.27. The zero-order valence-electron chi connectivity index (χ0n) is 10.8. The molecule has 1 aromatic heterocycles. The van der Waals surface area contributed by atoms with Crippen molar-refractivity contribution in [1.82, 2.24) is 15.5 Å². The normalized spacial score (nSPS) is 19.2. The van der Waals surface area contributed by atoms with Crippen LogP contribution in [0.5, 0.6) is 0 Å². The molecule has 0 aliphatic heterocycles. The van der Waals surface area contributed by atoms with Crippen molar-refractivity contribution in [2.24, 2.45) is 5.92 Å². The van der Waals surface area contributed by atoms with E-state index in [2.05, 4.69) is 15.5 Å². The van der Waals surface area contributed by atoms with E-state index in [1.165, 1.54) is 12.8 Å². The minimum absolute atomic E-state index is 0.446. The van der Waals surface area contributed by atoms with E-state index in [-0.39, 0.29) is 0 Å². The second kappa shape index (κ2) is 5.14. The summed E-state index contributed by atoms with van der Waals surface area (Å²) in [6, 6.07) is 0. The highest BCUT2D eigenvalue weighted by atomic mass is 16.5. The van der Waals surface area contributed by atoms with Crippen LogP contribution in [-0.2, 0) is 16.9 Å². The molecule has 0 amide bonds. The van der Waals surface area contributed by atoms with Gasteiger partial charge in [0, 0.05) is 7.11 Å². The molecule has 1 N–H and O–H groups in total. The standard InChI is InChI=1S/C12H21N3O2/c1-4-12(2,16-3)11-14-10(17-15-11)8-13-7-9-5-6-9/h9,13H,4-8H2,1-3H3. The van der Waals surface area contributed by atoms with Crippen molar-refractivity contribution in [3.63, 3.8) is 0 Å². The summed E-state index contributed by atoms with van der Waals surface area (Å²) in [5.41, 5.74) is -0.446. The molecule has 5 nitrogen and oxygen atoms in total. The van der Waals surface area contributed by atoms with Crippen molar-refractivity contribution in [3.05, 3.63) is 11.7 Å². The van der Waals surface area contributed by atoms with Gasteiger partial charge in [-0.1, -0.05) is 12.1 Å². The van der Waals surface area contributed by atoms with Gasteiger partial charge >= 0.3 is 0 Å². The Bertz CT molecular complexity index is 356. The highest BCUT2D eigenvalue weighted by Crippen LogP contribution is 2.28. The van der Waals surface area contributed by atoms with E-state index < -0.39 is 5.60 Å². The number of rotatable bonds is 7. The van der Waals surface area contributed by atoms with Crippen LogP contribution in [0.3, 0.4) is 0 Å². The molecular weight excluding hydrogens is 218 g/mol. The molecule has 1 aliphatic rings. The lowest BCUT2D eigenvalue weighted by atomic mass is 10.0. The molecule has 1 fully saturated rings. The fourth-order valence-electron chi connectivity index (χ4n) is 1.64. The summed E-state index contributed by atoms with van der Waals surface area (Å²) in [6.45, 7) is 5.71. The maximum atomic E-state index is 5.43. The second-order valence-corrected chi connectivity index (χ2v) is 4.87. The van der Waals surface area contributed by atoms with E-state index in [1.54, 1.807) is 7.11 Å². The molecule has 1 aliphatic carbocycles. The summed E-state index contributed by atoms with van der Waals surface area (Å²) < 4.78 is 10.6. The molecule has 1 atom stereocenters. The lowest BCUT2D eigenvalue weighted by Gasteiger charge is -2.21. The molecule has 0 bridgehead atoms. The van der Waals surface area contributed by atoms with Crippen LogP contribution in [0.2, 0.25) is 0 Å². The van der Waals surface area contributed by atoms with Gasteiger partial charge in [-0.15, -0.1) is 0 Å². The molecule has 1 aromatic rings. The lowest BCUT2D eigenvalue weighted by molar-refractivity contribution is -0.0106. The third kappa shape index (κ3) is 3.04. The Morgan fingerprint density at radius 1 is 1.53 bits per heavy atom. The summed E-state index contributed by atoms with van der Waals surface area (Å²) in [5, 5.41) is 7.32. The summed E-state index contributed by atoms with van der Waals surface area (Å²) in [5.74, 6) is 2.13. The van der Waals surface area contributed by atoms with Crippen LogP contribution in [0, 0.1) is 5.92 Å². The third-order valence-electron chi connectivity index (χ3n) is 3.47. The maximum absolute atomic E-state index is 5.43. The number of hydrogen-bond donors (Lipinski definition) is 1. The van der Waals surface area contributed by atoms with Gasteiger partial charge in [-0.3, -0.25) is 0 Å². The quantitative estimate of drug-likeness (QED) is 0.786. The van der Waals surface area contributed by atoms with Gasteiger partial charge in [0.25, 0.3) is 0 Å². The Hall–Kier alpha value is -0.940. The molecule has 0 radical (unpaired) electrons. The number of ether oxygens (including phenoxy) is 1. The van der Waals surface area contributed by atoms with Crippen molar-refractivity contribution in [3.8, 4) is 0 Å². The molecule has 0 aromatic carbocycles. The van der Waals surface area contributed by atoms with Gasteiger partial charge in [0.15, 0.2) is 0 Å². The molecule has 17 heavy (non-hydrogen) atoms. The van der Waals surface area contributed by atoms with E-state index in [1.807, 2.05) is 13.8 Å². The van der Waals surface area contributed by atoms with Gasteiger partial charge in [-0.2, -0.15) is 4.98 Å². The van der Waals surface area contributed by atoms with Crippen LogP contribution >= 0.6 is 0 Å². The van der Waals surface area contributed by atoms with Gasteiger partial charge in [0.1, 0.15) is 5.60 Å². The fraction of sp³-hybridized carbons (Fsp3) is 0.833. The molecule has 0 spiro atoms. The number of nitrogens with zero attached hydrogens (tertiary/aromatic N) is 2. The molecule has 1 heterocycles. The van der Waals surface area contributed by atoms with Crippen LogP contribution in [0.1, 0.15) is 44.8 Å². The number of hydrogen-bond acceptors (Lipinski definition) is 5. The summed E-state index contributed by atoms with van der Waals surface area (Å²) in [7, 11) is 1.67. The molecule has 0 saturated heterocycles. The molecular formula is C12H21N3O2. The highest BCUT2D eigenvalue weighted by Gasteiger charge is 2.30. The first-order chi connectivity index (χ1) is 8.18. The van der Waals surface area contributed by atoms with E-state index in [4.69, 9.17) is 9.26 Å². The first-order valence-corrected chi connectivity index (χ1v) is 6.27. The largest absolute Gasteiger partial charge is 0.370 e. The van der Waals surface area contributed by atoms with Crippen LogP contribution in [-0.4, -0.2) is 23.8 Å². The predicted octanol–water partition coefficient (Wildman–Crippen LogP) is 1.84. The Kier molecular flexibility index (Phi) is 3.79. The number of aromatic nitrogens is 2. The zero-order valence-corrected chi connectivity index (χ0v) is 10.8. The Morgan fingerprint density at radius 2 is 2.29 bits per heavy atom. The molecule has 1 unspecified atom stereocenters. The summed E-state index contributed by atoms with van der Waals surface area (Å²) in [4.78, 5) is 4.38. The van der Waals surface area contributed by atoms with Crippen molar-refractivity contribution in [1.29, 1.82) is 0 Å². The van der Waals surface area contributed by atoms with Gasteiger partial charge in [0.05, 0.1) is 6.54 Å². The molecule has 1 saturated carbocycles. The molecule has 5 heteroatoms. The van der Waals surface area contributed by atoms with E-state index in [0.717, 1.165) is 18.9 Å². The fourth-order valence-corrected chi connectivity index (χ4v) is 1.64. The average molecular weight is 239 g/mol. The lowest BCUT2D eigenvalue weighted by Crippen LogP contribution is -2.25. The molecule has 96 valence electrons. The van der Waals surface area contributed by atoms with E-state index >= 15 is 0 Å². The maximum Gasteiger partial charge on any atom is 0.240 e. The highest BCUT2D eigenvalue weighted by molar-refractivity contribution is 4.99. The zero-order chi connectivity index (χ0) is 12.3. The van der Waals surface area contributed by atoms with E-state index in [0.29, 0.717) is 18.3 Å². The van der Waals surface area contributed by atoms with Gasteiger partial charge in [0.2, 0.25) is 11.7 Å².